The van der Waals surface area contributed by atoms with Crippen molar-refractivity contribution in [2.24, 2.45) is 0 Å². The van der Waals surface area contributed by atoms with E-state index in [1.807, 2.05) is 24.3 Å². The number of carbonyl (C=O) groups is 1. The molecule has 1 saturated heterocycles. The van der Waals surface area contributed by atoms with Gasteiger partial charge in [0.1, 0.15) is 0 Å². The molecule has 2 atom stereocenters. The second-order valence-electron chi connectivity index (χ2n) is 3.55. The molecule has 0 bridgehead atoms. The quantitative estimate of drug-likeness (QED) is 0.568. The van der Waals surface area contributed by atoms with Crippen LogP contribution in [0.5, 0.6) is 0 Å². The summed E-state index contributed by atoms with van der Waals surface area (Å²) in [6.07, 6.45) is 2.52. The summed E-state index contributed by atoms with van der Waals surface area (Å²) in [5.41, 5.74) is 1.22. The number of carbonyl (C=O) groups excluding carboxylic acids is 1. The van der Waals surface area contributed by atoms with Crippen molar-refractivity contribution in [1.82, 2.24) is 5.32 Å². The van der Waals surface area contributed by atoms with Crippen molar-refractivity contribution in [3.05, 3.63) is 48.6 Å². The number of amides is 1. The summed E-state index contributed by atoms with van der Waals surface area (Å²) in [5, 5.41) is 2.88. The minimum atomic E-state index is 0.137. The molecule has 1 fully saturated rings. The van der Waals surface area contributed by atoms with Gasteiger partial charge in [-0.15, -0.1) is 6.58 Å². The van der Waals surface area contributed by atoms with Crippen LogP contribution in [0.3, 0.4) is 0 Å². The Morgan fingerprint density at radius 2 is 2.07 bits per heavy atom. The maximum Gasteiger partial charge on any atom is 0.222 e. The Kier molecular flexibility index (Phi) is 2.35. The molecular formula is C12H13NO. The van der Waals surface area contributed by atoms with Crippen LogP contribution in [0.15, 0.2) is 43.0 Å². The molecule has 1 aliphatic rings. The molecule has 0 spiro atoms. The van der Waals surface area contributed by atoms with Gasteiger partial charge < -0.3 is 5.32 Å². The minimum Gasteiger partial charge on any atom is -0.352 e. The van der Waals surface area contributed by atoms with Crippen LogP contribution in [0.2, 0.25) is 0 Å². The van der Waals surface area contributed by atoms with E-state index in [4.69, 9.17) is 0 Å². The molecule has 72 valence electrons. The largest absolute Gasteiger partial charge is 0.352 e. The average Bonchev–Trinajstić information content (AvgIpc) is 2.18. The van der Waals surface area contributed by atoms with E-state index in [1.54, 1.807) is 0 Å². The summed E-state index contributed by atoms with van der Waals surface area (Å²) in [7, 11) is 0. The van der Waals surface area contributed by atoms with Crippen LogP contribution in [0.25, 0.3) is 0 Å². The number of hydrogen-bond acceptors (Lipinski definition) is 1. The first kappa shape index (κ1) is 9.00. The normalized spacial score (nSPS) is 22.0. The fourth-order valence-corrected chi connectivity index (χ4v) is 1.81. The van der Waals surface area contributed by atoms with Gasteiger partial charge in [0.2, 0.25) is 5.91 Å². The van der Waals surface area contributed by atoms with E-state index in [2.05, 4.69) is 24.0 Å². The third-order valence-electron chi connectivity index (χ3n) is 2.62. The molecule has 1 aromatic carbocycles. The highest BCUT2D eigenvalue weighted by Gasteiger charge is 2.31. The van der Waals surface area contributed by atoms with Gasteiger partial charge in [-0.1, -0.05) is 36.4 Å². The van der Waals surface area contributed by atoms with E-state index in [9.17, 15) is 4.79 Å². The minimum absolute atomic E-state index is 0.137. The highest BCUT2D eigenvalue weighted by molar-refractivity contribution is 5.83. The van der Waals surface area contributed by atoms with Crippen LogP contribution in [0.1, 0.15) is 17.9 Å². The van der Waals surface area contributed by atoms with E-state index in [-0.39, 0.29) is 17.9 Å². The molecule has 0 radical (unpaired) electrons. The van der Waals surface area contributed by atoms with Gasteiger partial charge in [0.15, 0.2) is 0 Å². The van der Waals surface area contributed by atoms with Gasteiger partial charge in [0.25, 0.3) is 0 Å². The summed E-state index contributed by atoms with van der Waals surface area (Å²) >= 11 is 0. The summed E-state index contributed by atoms with van der Waals surface area (Å²) in [5.74, 6) is 0.381. The summed E-state index contributed by atoms with van der Waals surface area (Å²) in [4.78, 5) is 10.8. The molecule has 0 saturated carbocycles. The van der Waals surface area contributed by atoms with E-state index in [0.717, 1.165) is 0 Å². The Morgan fingerprint density at radius 1 is 1.43 bits per heavy atom. The molecule has 0 aliphatic carbocycles. The Bertz CT molecular complexity index is 337. The first-order valence-corrected chi connectivity index (χ1v) is 4.78. The number of β-lactam (4-membered cyclic amide) rings is 1. The molecular weight excluding hydrogens is 174 g/mol. The van der Waals surface area contributed by atoms with Gasteiger partial charge in [-0.05, 0) is 5.56 Å². The fraction of sp³-hybridized carbons (Fsp3) is 0.250. The third-order valence-corrected chi connectivity index (χ3v) is 2.62. The second-order valence-corrected chi connectivity index (χ2v) is 3.55. The maximum absolute atomic E-state index is 10.8. The van der Waals surface area contributed by atoms with Crippen molar-refractivity contribution in [1.29, 1.82) is 0 Å². The molecule has 2 rings (SSSR count). The van der Waals surface area contributed by atoms with Gasteiger partial charge in [0, 0.05) is 18.4 Å². The van der Waals surface area contributed by atoms with Gasteiger partial charge >= 0.3 is 0 Å². The molecule has 14 heavy (non-hydrogen) atoms. The van der Waals surface area contributed by atoms with Crippen LogP contribution >= 0.6 is 0 Å². The lowest BCUT2D eigenvalue weighted by atomic mass is 9.85. The standard InChI is InChI=1S/C12H13NO/c1-2-10(11-8-12(14)13-11)9-6-4-3-5-7-9/h2-7,10-11H,1,8H2,(H,13,14). The lowest BCUT2D eigenvalue weighted by Crippen LogP contribution is -2.51. The van der Waals surface area contributed by atoms with Crippen LogP contribution in [0, 0.1) is 0 Å². The van der Waals surface area contributed by atoms with E-state index in [0.29, 0.717) is 6.42 Å². The zero-order valence-electron chi connectivity index (χ0n) is 7.94. The molecule has 1 aromatic rings. The second kappa shape index (κ2) is 3.66. The van der Waals surface area contributed by atoms with E-state index >= 15 is 0 Å². The van der Waals surface area contributed by atoms with Gasteiger partial charge in [-0.25, -0.2) is 0 Å². The summed E-state index contributed by atoms with van der Waals surface area (Å²) in [6, 6.07) is 10.4. The summed E-state index contributed by atoms with van der Waals surface area (Å²) < 4.78 is 0. The molecule has 2 heteroatoms. The smallest absolute Gasteiger partial charge is 0.222 e. The number of benzene rings is 1. The topological polar surface area (TPSA) is 29.1 Å². The van der Waals surface area contributed by atoms with Crippen molar-refractivity contribution < 1.29 is 4.79 Å². The Balaban J connectivity index is 2.14. The predicted molar refractivity (Wildman–Crippen MR) is 55.9 cm³/mol. The molecule has 1 amide bonds. The first-order valence-electron chi connectivity index (χ1n) is 4.78. The highest BCUT2D eigenvalue weighted by atomic mass is 16.2. The van der Waals surface area contributed by atoms with Crippen LogP contribution < -0.4 is 5.32 Å². The molecule has 2 unspecified atom stereocenters. The number of hydrogen-bond donors (Lipinski definition) is 1. The van der Waals surface area contributed by atoms with Gasteiger partial charge in [0.05, 0.1) is 0 Å². The Morgan fingerprint density at radius 3 is 2.57 bits per heavy atom. The molecule has 0 aromatic heterocycles. The van der Waals surface area contributed by atoms with Gasteiger partial charge in [-0.3, -0.25) is 4.79 Å². The lowest BCUT2D eigenvalue weighted by molar-refractivity contribution is -0.128. The van der Waals surface area contributed by atoms with Crippen LogP contribution in [-0.4, -0.2) is 11.9 Å². The van der Waals surface area contributed by atoms with Crippen molar-refractivity contribution in [2.75, 3.05) is 0 Å². The van der Waals surface area contributed by atoms with Crippen molar-refractivity contribution in [3.8, 4) is 0 Å². The van der Waals surface area contributed by atoms with E-state index < -0.39 is 0 Å². The zero-order chi connectivity index (χ0) is 9.97. The summed E-state index contributed by atoms with van der Waals surface area (Å²) in [6.45, 7) is 3.81. The average molecular weight is 187 g/mol. The van der Waals surface area contributed by atoms with Crippen molar-refractivity contribution in [2.45, 2.75) is 18.4 Å². The maximum atomic E-state index is 10.8. The monoisotopic (exact) mass is 187 g/mol. The highest BCUT2D eigenvalue weighted by Crippen LogP contribution is 2.26. The van der Waals surface area contributed by atoms with Crippen molar-refractivity contribution in [3.63, 3.8) is 0 Å². The van der Waals surface area contributed by atoms with Crippen LogP contribution in [-0.2, 0) is 4.79 Å². The molecule has 2 nitrogen and oxygen atoms in total. The SMILES string of the molecule is C=CC(c1ccccc1)C1CC(=O)N1. The van der Waals surface area contributed by atoms with Crippen LogP contribution in [0.4, 0.5) is 0 Å². The Labute approximate surface area is 83.6 Å². The van der Waals surface area contributed by atoms with Crippen molar-refractivity contribution >= 4 is 5.91 Å². The zero-order valence-corrected chi connectivity index (χ0v) is 7.94. The molecule has 1 N–H and O–H groups in total. The third kappa shape index (κ3) is 1.55. The first-order chi connectivity index (χ1) is 6.81. The number of rotatable bonds is 3. The molecule has 1 heterocycles. The van der Waals surface area contributed by atoms with E-state index in [1.165, 1.54) is 5.56 Å². The fourth-order valence-electron chi connectivity index (χ4n) is 1.81. The Hall–Kier alpha value is -1.57. The molecule has 1 aliphatic heterocycles. The number of nitrogens with one attached hydrogen (secondary N) is 1. The predicted octanol–water partition coefficient (Wildman–Crippen LogP) is 1.84. The van der Waals surface area contributed by atoms with Gasteiger partial charge in [-0.2, -0.15) is 0 Å². The lowest BCUT2D eigenvalue weighted by Gasteiger charge is -2.32.